The standard InChI is InChI=1S/C9H16N2O4/c10-7(9(13)14)5-8(12)11-6-1-3-15-4-2-6/h6-7H,1-5,10H2,(H,11,12)(H,13,14). The summed E-state index contributed by atoms with van der Waals surface area (Å²) in [4.78, 5) is 21.7. The van der Waals surface area contributed by atoms with E-state index in [1.807, 2.05) is 0 Å². The molecule has 0 bridgehead atoms. The lowest BCUT2D eigenvalue weighted by Gasteiger charge is -2.23. The third-order valence-electron chi connectivity index (χ3n) is 2.31. The van der Waals surface area contributed by atoms with Gasteiger partial charge in [-0.3, -0.25) is 9.59 Å². The highest BCUT2D eigenvalue weighted by Crippen LogP contribution is 2.06. The molecule has 15 heavy (non-hydrogen) atoms. The molecule has 0 aromatic heterocycles. The first kappa shape index (κ1) is 11.9. The molecule has 4 N–H and O–H groups in total. The fraction of sp³-hybridized carbons (Fsp3) is 0.778. The molecule has 0 radical (unpaired) electrons. The maximum absolute atomic E-state index is 11.3. The first-order valence-electron chi connectivity index (χ1n) is 4.95. The zero-order chi connectivity index (χ0) is 11.3. The number of carboxylic acid groups (broad SMARTS) is 1. The molecule has 1 heterocycles. The van der Waals surface area contributed by atoms with E-state index in [2.05, 4.69) is 5.32 Å². The number of nitrogens with one attached hydrogen (secondary N) is 1. The van der Waals surface area contributed by atoms with Crippen LogP contribution in [-0.4, -0.2) is 42.3 Å². The summed E-state index contributed by atoms with van der Waals surface area (Å²) in [5.41, 5.74) is 5.24. The van der Waals surface area contributed by atoms with Gasteiger partial charge in [-0.15, -0.1) is 0 Å². The van der Waals surface area contributed by atoms with Crippen LogP contribution >= 0.6 is 0 Å². The Morgan fingerprint density at radius 2 is 2.07 bits per heavy atom. The average molecular weight is 216 g/mol. The molecule has 6 heteroatoms. The molecule has 0 aromatic rings. The van der Waals surface area contributed by atoms with E-state index < -0.39 is 12.0 Å². The Morgan fingerprint density at radius 3 is 2.60 bits per heavy atom. The van der Waals surface area contributed by atoms with Crippen molar-refractivity contribution in [1.82, 2.24) is 5.32 Å². The second-order valence-corrected chi connectivity index (χ2v) is 3.60. The monoisotopic (exact) mass is 216 g/mol. The van der Waals surface area contributed by atoms with Gasteiger partial charge in [-0.05, 0) is 12.8 Å². The van der Waals surface area contributed by atoms with Crippen molar-refractivity contribution in [3.63, 3.8) is 0 Å². The molecule has 1 amide bonds. The van der Waals surface area contributed by atoms with Crippen molar-refractivity contribution in [2.24, 2.45) is 5.73 Å². The summed E-state index contributed by atoms with van der Waals surface area (Å²) in [5, 5.41) is 11.3. The van der Waals surface area contributed by atoms with Crippen LogP contribution in [0.25, 0.3) is 0 Å². The van der Waals surface area contributed by atoms with Gasteiger partial charge in [-0.25, -0.2) is 0 Å². The molecule has 1 aliphatic rings. The molecule has 1 saturated heterocycles. The summed E-state index contributed by atoms with van der Waals surface area (Å²) >= 11 is 0. The van der Waals surface area contributed by atoms with Gasteiger partial charge < -0.3 is 20.9 Å². The molecule has 6 nitrogen and oxygen atoms in total. The molecule has 86 valence electrons. The number of hydrogen-bond donors (Lipinski definition) is 3. The van der Waals surface area contributed by atoms with Crippen LogP contribution in [0.5, 0.6) is 0 Å². The summed E-state index contributed by atoms with van der Waals surface area (Å²) in [6, 6.07) is -1.03. The summed E-state index contributed by atoms with van der Waals surface area (Å²) in [6.45, 7) is 1.27. The number of carbonyl (C=O) groups is 2. The smallest absolute Gasteiger partial charge is 0.321 e. The quantitative estimate of drug-likeness (QED) is 0.564. The highest BCUT2D eigenvalue weighted by Gasteiger charge is 2.20. The Hall–Kier alpha value is -1.14. The lowest BCUT2D eigenvalue weighted by molar-refractivity contribution is -0.140. The zero-order valence-electron chi connectivity index (χ0n) is 8.44. The van der Waals surface area contributed by atoms with E-state index in [4.69, 9.17) is 15.6 Å². The topological polar surface area (TPSA) is 102 Å². The molecule has 0 saturated carbocycles. The van der Waals surface area contributed by atoms with Crippen molar-refractivity contribution in [2.45, 2.75) is 31.3 Å². The number of rotatable bonds is 4. The van der Waals surface area contributed by atoms with Crippen LogP contribution in [0.4, 0.5) is 0 Å². The van der Waals surface area contributed by atoms with Gasteiger partial charge in [0.1, 0.15) is 6.04 Å². The predicted molar refractivity (Wildman–Crippen MR) is 52.2 cm³/mol. The van der Waals surface area contributed by atoms with Gasteiger partial charge in [0.15, 0.2) is 0 Å². The molecule has 1 rings (SSSR count). The third-order valence-corrected chi connectivity index (χ3v) is 2.31. The minimum atomic E-state index is -1.16. The van der Waals surface area contributed by atoms with E-state index in [-0.39, 0.29) is 18.4 Å². The minimum Gasteiger partial charge on any atom is -0.480 e. The fourth-order valence-electron chi connectivity index (χ4n) is 1.42. The van der Waals surface area contributed by atoms with Crippen molar-refractivity contribution in [3.05, 3.63) is 0 Å². The lowest BCUT2D eigenvalue weighted by Crippen LogP contribution is -2.43. The summed E-state index contributed by atoms with van der Waals surface area (Å²) < 4.78 is 5.13. The summed E-state index contributed by atoms with van der Waals surface area (Å²) in [7, 11) is 0. The van der Waals surface area contributed by atoms with Crippen molar-refractivity contribution < 1.29 is 19.4 Å². The van der Waals surface area contributed by atoms with Gasteiger partial charge in [0, 0.05) is 19.3 Å². The van der Waals surface area contributed by atoms with Crippen LogP contribution < -0.4 is 11.1 Å². The second kappa shape index (κ2) is 5.67. The highest BCUT2D eigenvalue weighted by molar-refractivity contribution is 5.84. The van der Waals surface area contributed by atoms with Gasteiger partial charge in [-0.2, -0.15) is 0 Å². The van der Waals surface area contributed by atoms with Crippen molar-refractivity contribution in [3.8, 4) is 0 Å². The minimum absolute atomic E-state index is 0.0900. The Kier molecular flexibility index (Phi) is 4.51. The fourth-order valence-corrected chi connectivity index (χ4v) is 1.42. The maximum Gasteiger partial charge on any atom is 0.321 e. The number of aliphatic carboxylic acids is 1. The average Bonchev–Trinajstić information content (AvgIpc) is 2.18. The molecule has 0 aliphatic carbocycles. The Morgan fingerprint density at radius 1 is 1.47 bits per heavy atom. The molecule has 0 aromatic carbocycles. The molecule has 1 fully saturated rings. The Balaban J connectivity index is 2.25. The predicted octanol–water partition coefficient (Wildman–Crippen LogP) is -0.916. The second-order valence-electron chi connectivity index (χ2n) is 3.60. The van der Waals surface area contributed by atoms with Crippen LogP contribution in [0.1, 0.15) is 19.3 Å². The first-order valence-corrected chi connectivity index (χ1v) is 4.95. The van der Waals surface area contributed by atoms with E-state index in [1.165, 1.54) is 0 Å². The Labute approximate surface area is 87.8 Å². The van der Waals surface area contributed by atoms with Gasteiger partial charge in [0.25, 0.3) is 0 Å². The zero-order valence-corrected chi connectivity index (χ0v) is 8.44. The molecule has 1 aliphatic heterocycles. The van der Waals surface area contributed by atoms with Crippen LogP contribution in [0.2, 0.25) is 0 Å². The van der Waals surface area contributed by atoms with Crippen molar-refractivity contribution >= 4 is 11.9 Å². The van der Waals surface area contributed by atoms with Crippen molar-refractivity contribution in [1.29, 1.82) is 0 Å². The van der Waals surface area contributed by atoms with Crippen molar-refractivity contribution in [2.75, 3.05) is 13.2 Å². The van der Waals surface area contributed by atoms with E-state index in [0.717, 1.165) is 12.8 Å². The SMILES string of the molecule is NC(CC(=O)NC1CCOCC1)C(=O)O. The van der Waals surface area contributed by atoms with Gasteiger partial charge in [-0.1, -0.05) is 0 Å². The van der Waals surface area contributed by atoms with E-state index in [1.54, 1.807) is 0 Å². The third kappa shape index (κ3) is 4.26. The number of carbonyl (C=O) groups excluding carboxylic acids is 1. The van der Waals surface area contributed by atoms with Gasteiger partial charge >= 0.3 is 5.97 Å². The lowest BCUT2D eigenvalue weighted by atomic mass is 10.1. The molecular weight excluding hydrogens is 200 g/mol. The normalized spacial score (nSPS) is 19.5. The highest BCUT2D eigenvalue weighted by atomic mass is 16.5. The van der Waals surface area contributed by atoms with E-state index in [9.17, 15) is 9.59 Å². The number of ether oxygens (including phenoxy) is 1. The van der Waals surface area contributed by atoms with Crippen LogP contribution in [-0.2, 0) is 14.3 Å². The molecule has 1 atom stereocenters. The van der Waals surface area contributed by atoms with Gasteiger partial charge in [0.05, 0.1) is 6.42 Å². The van der Waals surface area contributed by atoms with E-state index in [0.29, 0.717) is 13.2 Å². The van der Waals surface area contributed by atoms with Crippen LogP contribution in [0.3, 0.4) is 0 Å². The number of hydrogen-bond acceptors (Lipinski definition) is 4. The number of amides is 1. The molecular formula is C9H16N2O4. The maximum atomic E-state index is 11.3. The van der Waals surface area contributed by atoms with Crippen LogP contribution in [0, 0.1) is 0 Å². The summed E-state index contributed by atoms with van der Waals surface area (Å²) in [5.74, 6) is -1.46. The van der Waals surface area contributed by atoms with Crippen LogP contribution in [0.15, 0.2) is 0 Å². The molecule has 0 spiro atoms. The number of carboxylic acids is 1. The van der Waals surface area contributed by atoms with E-state index >= 15 is 0 Å². The first-order chi connectivity index (χ1) is 7.09. The molecule has 1 unspecified atom stereocenters. The number of nitrogens with two attached hydrogens (primary N) is 1. The summed E-state index contributed by atoms with van der Waals surface area (Å²) in [6.07, 6.45) is 1.37. The largest absolute Gasteiger partial charge is 0.480 e. The Bertz CT molecular complexity index is 238. The van der Waals surface area contributed by atoms with Gasteiger partial charge in [0.2, 0.25) is 5.91 Å².